The van der Waals surface area contributed by atoms with Crippen molar-refractivity contribution in [3.63, 3.8) is 0 Å². The highest BCUT2D eigenvalue weighted by Crippen LogP contribution is 2.35. The molecule has 1 atom stereocenters. The van der Waals surface area contributed by atoms with E-state index in [0.717, 1.165) is 47.3 Å². The first-order chi connectivity index (χ1) is 13.5. The number of nitrogens with zero attached hydrogens (tertiary/aromatic N) is 5. The molecule has 146 valence electrons. The number of amidine groups is 2. The highest BCUT2D eigenvalue weighted by Gasteiger charge is 2.33. The lowest BCUT2D eigenvalue weighted by Gasteiger charge is -2.33. The summed E-state index contributed by atoms with van der Waals surface area (Å²) in [7, 11) is 1.39. The average molecular weight is 418 g/mol. The van der Waals surface area contributed by atoms with Crippen LogP contribution in [-0.2, 0) is 9.53 Å². The van der Waals surface area contributed by atoms with E-state index in [1.165, 1.54) is 18.9 Å². The van der Waals surface area contributed by atoms with Crippen LogP contribution in [-0.4, -0.2) is 57.1 Å². The highest BCUT2D eigenvalue weighted by atomic mass is 35.5. The van der Waals surface area contributed by atoms with E-state index in [9.17, 15) is 4.79 Å². The van der Waals surface area contributed by atoms with Gasteiger partial charge in [0.2, 0.25) is 0 Å². The second kappa shape index (κ2) is 7.60. The van der Waals surface area contributed by atoms with Crippen molar-refractivity contribution >= 4 is 46.2 Å². The molecule has 1 aromatic carbocycles. The van der Waals surface area contributed by atoms with Crippen LogP contribution >= 0.6 is 23.4 Å². The first-order valence-electron chi connectivity index (χ1n) is 8.99. The van der Waals surface area contributed by atoms with Gasteiger partial charge in [-0.05, 0) is 38.0 Å². The largest absolute Gasteiger partial charge is 0.468 e. The Kier molecular flexibility index (Phi) is 5.16. The van der Waals surface area contributed by atoms with Gasteiger partial charge in [-0.25, -0.2) is 9.67 Å². The fourth-order valence-electron chi connectivity index (χ4n) is 3.14. The van der Waals surface area contributed by atoms with E-state index in [1.54, 1.807) is 10.9 Å². The lowest BCUT2D eigenvalue weighted by atomic mass is 10.2. The Morgan fingerprint density at radius 3 is 2.96 bits per heavy atom. The number of aliphatic imine (C=N–C) groups is 2. The maximum atomic E-state index is 11.9. The molecule has 1 unspecified atom stereocenters. The number of benzene rings is 1. The summed E-state index contributed by atoms with van der Waals surface area (Å²) in [4.78, 5) is 23.5. The van der Waals surface area contributed by atoms with Crippen LogP contribution < -0.4 is 0 Å². The number of thioether (sulfide) groups is 1. The topological polar surface area (TPSA) is 72.1 Å². The quantitative estimate of drug-likeness (QED) is 0.713. The van der Waals surface area contributed by atoms with Gasteiger partial charge in [0.25, 0.3) is 0 Å². The lowest BCUT2D eigenvalue weighted by Crippen LogP contribution is -2.42. The molecule has 0 fully saturated rings. The number of carbonyl (C=O) groups excluding carboxylic acids is 1. The highest BCUT2D eigenvalue weighted by molar-refractivity contribution is 8.14. The van der Waals surface area contributed by atoms with Crippen molar-refractivity contribution in [1.82, 2.24) is 14.7 Å². The molecular weight excluding hydrogens is 398 g/mol. The number of halogens is 1. The van der Waals surface area contributed by atoms with Crippen LogP contribution in [0.2, 0.25) is 5.02 Å². The Balaban J connectivity index is 1.80. The number of rotatable bonds is 3. The molecule has 7 nitrogen and oxygen atoms in total. The zero-order valence-electron chi connectivity index (χ0n) is 15.8. The summed E-state index contributed by atoms with van der Waals surface area (Å²) >= 11 is 7.68. The molecule has 0 saturated carbocycles. The number of aryl methyl sites for hydroxylation is 1. The van der Waals surface area contributed by atoms with E-state index < -0.39 is 0 Å². The van der Waals surface area contributed by atoms with Gasteiger partial charge in [0.05, 0.1) is 24.6 Å². The van der Waals surface area contributed by atoms with Gasteiger partial charge in [0, 0.05) is 18.1 Å². The second-order valence-corrected chi connectivity index (χ2v) is 8.33. The molecule has 1 aromatic heterocycles. The first-order valence-corrected chi connectivity index (χ1v) is 10.3. The summed E-state index contributed by atoms with van der Waals surface area (Å²) in [5.74, 6) is 1.25. The average Bonchev–Trinajstić information content (AvgIpc) is 3.13. The Bertz CT molecular complexity index is 1000. The predicted molar refractivity (Wildman–Crippen MR) is 112 cm³/mol. The molecule has 0 amide bonds. The van der Waals surface area contributed by atoms with Gasteiger partial charge < -0.3 is 9.64 Å². The smallest absolute Gasteiger partial charge is 0.318 e. The zero-order valence-corrected chi connectivity index (χ0v) is 17.4. The van der Waals surface area contributed by atoms with E-state index in [4.69, 9.17) is 26.3 Å². The SMILES string of the molecule is COC(=O)C(C)SC1=Nc2c(cnn2-c2ccc(C)c(Cl)c2)C2=NCCCN12. The number of aromatic nitrogens is 2. The molecule has 3 heterocycles. The van der Waals surface area contributed by atoms with Gasteiger partial charge >= 0.3 is 5.97 Å². The van der Waals surface area contributed by atoms with Crippen LogP contribution in [0.1, 0.15) is 24.5 Å². The molecule has 0 aliphatic carbocycles. The number of hydrogen-bond donors (Lipinski definition) is 0. The molecule has 28 heavy (non-hydrogen) atoms. The number of methoxy groups -OCH3 is 1. The maximum Gasteiger partial charge on any atom is 0.318 e. The van der Waals surface area contributed by atoms with Crippen molar-refractivity contribution in [2.45, 2.75) is 25.5 Å². The second-order valence-electron chi connectivity index (χ2n) is 6.62. The molecule has 0 radical (unpaired) electrons. The van der Waals surface area contributed by atoms with Gasteiger partial charge in [-0.2, -0.15) is 5.10 Å². The number of esters is 1. The standard InChI is InChI=1S/C19H20ClN5O2S/c1-11-5-6-13(9-15(11)20)25-17-14(10-22-25)16-21-7-4-8-24(16)19(23-17)28-12(2)18(26)27-3/h5-6,9-10,12H,4,7-8H2,1-3H3. The van der Waals surface area contributed by atoms with Gasteiger partial charge in [-0.1, -0.05) is 29.4 Å². The fourth-order valence-corrected chi connectivity index (χ4v) is 4.27. The van der Waals surface area contributed by atoms with Crippen LogP contribution in [0.25, 0.3) is 5.69 Å². The van der Waals surface area contributed by atoms with Crippen LogP contribution in [0, 0.1) is 6.92 Å². The molecular formula is C19H20ClN5O2S. The number of carbonyl (C=O) groups is 1. The van der Waals surface area contributed by atoms with Crippen LogP contribution in [0.3, 0.4) is 0 Å². The van der Waals surface area contributed by atoms with Crippen molar-refractivity contribution in [3.05, 3.63) is 40.5 Å². The van der Waals surface area contributed by atoms with Gasteiger partial charge in [0.15, 0.2) is 11.0 Å². The van der Waals surface area contributed by atoms with Crippen molar-refractivity contribution in [1.29, 1.82) is 0 Å². The summed E-state index contributed by atoms with van der Waals surface area (Å²) in [5, 5.41) is 5.56. The molecule has 9 heteroatoms. The van der Waals surface area contributed by atoms with E-state index >= 15 is 0 Å². The maximum absolute atomic E-state index is 11.9. The minimum Gasteiger partial charge on any atom is -0.468 e. The van der Waals surface area contributed by atoms with Crippen molar-refractivity contribution in [2.75, 3.05) is 20.2 Å². The minimum atomic E-state index is -0.376. The van der Waals surface area contributed by atoms with Crippen LogP contribution in [0.4, 0.5) is 5.82 Å². The summed E-state index contributed by atoms with van der Waals surface area (Å²) < 4.78 is 6.63. The fraction of sp³-hybridized carbons (Fsp3) is 0.368. The van der Waals surface area contributed by atoms with Crippen molar-refractivity contribution in [3.8, 4) is 5.69 Å². The third-order valence-corrected chi connectivity index (χ3v) is 6.17. The summed E-state index contributed by atoms with van der Waals surface area (Å²) in [5.41, 5.74) is 2.71. The van der Waals surface area contributed by atoms with E-state index in [2.05, 4.69) is 10.00 Å². The Morgan fingerprint density at radius 2 is 2.21 bits per heavy atom. The normalized spacial score (nSPS) is 16.6. The van der Waals surface area contributed by atoms with E-state index in [0.29, 0.717) is 10.8 Å². The number of hydrogen-bond acceptors (Lipinski definition) is 7. The minimum absolute atomic E-state index is 0.284. The van der Waals surface area contributed by atoms with Crippen molar-refractivity contribution < 1.29 is 9.53 Å². The molecule has 0 spiro atoms. The van der Waals surface area contributed by atoms with Crippen molar-refractivity contribution in [2.24, 2.45) is 9.98 Å². The molecule has 2 aliphatic rings. The molecule has 0 bridgehead atoms. The predicted octanol–water partition coefficient (Wildman–Crippen LogP) is 3.58. The third-order valence-electron chi connectivity index (χ3n) is 4.69. The third kappa shape index (κ3) is 3.31. The molecule has 0 saturated heterocycles. The van der Waals surface area contributed by atoms with Gasteiger partial charge in [-0.3, -0.25) is 9.79 Å². The molecule has 2 aromatic rings. The summed E-state index contributed by atoms with van der Waals surface area (Å²) in [6.07, 6.45) is 2.72. The Morgan fingerprint density at radius 1 is 1.39 bits per heavy atom. The molecule has 4 rings (SSSR count). The van der Waals surface area contributed by atoms with Gasteiger partial charge in [0.1, 0.15) is 11.1 Å². The first kappa shape index (κ1) is 19.0. The van der Waals surface area contributed by atoms with Gasteiger partial charge in [-0.15, -0.1) is 0 Å². The lowest BCUT2D eigenvalue weighted by molar-refractivity contribution is -0.139. The van der Waals surface area contributed by atoms with E-state index in [1.807, 2.05) is 32.0 Å². The zero-order chi connectivity index (χ0) is 19.8. The Labute approximate surface area is 172 Å². The van der Waals surface area contributed by atoms with Crippen LogP contribution in [0.15, 0.2) is 34.4 Å². The number of ether oxygens (including phenoxy) is 1. The van der Waals surface area contributed by atoms with Crippen LogP contribution in [0.5, 0.6) is 0 Å². The Hall–Kier alpha value is -2.32. The molecule has 2 aliphatic heterocycles. The summed E-state index contributed by atoms with van der Waals surface area (Å²) in [6, 6.07) is 5.79. The molecule has 0 N–H and O–H groups in total. The monoisotopic (exact) mass is 417 g/mol. The summed E-state index contributed by atoms with van der Waals surface area (Å²) in [6.45, 7) is 5.34. The number of fused-ring (bicyclic) bond motifs is 3. The van der Waals surface area contributed by atoms with E-state index in [-0.39, 0.29) is 11.2 Å².